The summed E-state index contributed by atoms with van der Waals surface area (Å²) in [5.74, 6) is -0.0470. The van der Waals surface area contributed by atoms with E-state index < -0.39 is 0 Å². The first-order valence-electron chi connectivity index (χ1n) is 10.4. The van der Waals surface area contributed by atoms with Crippen molar-refractivity contribution >= 4 is 23.6 Å². The maximum Gasteiger partial charge on any atom is 0.254 e. The van der Waals surface area contributed by atoms with Crippen LogP contribution in [0, 0.1) is 5.92 Å². The summed E-state index contributed by atoms with van der Waals surface area (Å²) in [6.45, 7) is 5.37. The lowest BCUT2D eigenvalue weighted by atomic mass is 9.92. The lowest BCUT2D eigenvalue weighted by Gasteiger charge is -2.37. The molecule has 1 aromatic carbocycles. The van der Waals surface area contributed by atoms with E-state index in [0.717, 1.165) is 35.6 Å². The van der Waals surface area contributed by atoms with E-state index in [1.54, 1.807) is 18.0 Å². The van der Waals surface area contributed by atoms with Gasteiger partial charge in [0.05, 0.1) is 5.92 Å². The van der Waals surface area contributed by atoms with Gasteiger partial charge in [-0.25, -0.2) is 4.98 Å². The van der Waals surface area contributed by atoms with E-state index in [-0.39, 0.29) is 23.8 Å². The second-order valence-electron chi connectivity index (χ2n) is 7.52. The van der Waals surface area contributed by atoms with E-state index in [0.29, 0.717) is 18.7 Å². The van der Waals surface area contributed by atoms with Gasteiger partial charge in [0.1, 0.15) is 5.03 Å². The summed E-state index contributed by atoms with van der Waals surface area (Å²) in [6.07, 6.45) is 5.50. The first-order valence-corrected chi connectivity index (χ1v) is 11.2. The second kappa shape index (κ2) is 10.4. The minimum atomic E-state index is -0.119. The molecule has 1 fully saturated rings. The molecule has 2 amide bonds. The topological polar surface area (TPSA) is 62.3 Å². The molecule has 1 N–H and O–H groups in total. The Hall–Kier alpha value is -2.34. The highest BCUT2D eigenvalue weighted by molar-refractivity contribution is 7.99. The molecule has 0 spiro atoms. The highest BCUT2D eigenvalue weighted by Gasteiger charge is 2.32. The number of hydrogen-bond acceptors (Lipinski definition) is 4. The molecule has 0 bridgehead atoms. The Morgan fingerprint density at radius 1 is 1.17 bits per heavy atom. The number of rotatable bonds is 7. The highest BCUT2D eigenvalue weighted by atomic mass is 32.2. The molecule has 29 heavy (non-hydrogen) atoms. The Labute approximate surface area is 177 Å². The number of benzene rings is 1. The van der Waals surface area contributed by atoms with E-state index in [1.165, 1.54) is 0 Å². The fourth-order valence-electron chi connectivity index (χ4n) is 3.50. The number of unbranched alkanes of at least 4 members (excludes halogenated alkanes) is 1. The monoisotopic (exact) mass is 411 g/mol. The Balaban J connectivity index is 1.62. The molecule has 6 heteroatoms. The van der Waals surface area contributed by atoms with Crippen LogP contribution in [-0.4, -0.2) is 40.8 Å². The standard InChI is InChI=1S/C23H29N3O2S/c1-3-4-14-25-22(27)19-9-8-17(2)26(16-19)23(28)18-10-12-20(13-11-18)29-21-7-5-6-15-24-21/h5-7,10-13,15,17,19H,3-4,8-9,14,16H2,1-2H3,(H,25,27). The molecule has 1 aromatic heterocycles. The Kier molecular flexibility index (Phi) is 7.69. The van der Waals surface area contributed by atoms with Crippen LogP contribution in [-0.2, 0) is 4.79 Å². The highest BCUT2D eigenvalue weighted by Crippen LogP contribution is 2.27. The van der Waals surface area contributed by atoms with Gasteiger partial charge >= 0.3 is 0 Å². The number of hydrogen-bond donors (Lipinski definition) is 1. The number of nitrogens with zero attached hydrogens (tertiary/aromatic N) is 2. The summed E-state index contributed by atoms with van der Waals surface area (Å²) in [5.41, 5.74) is 0.661. The SMILES string of the molecule is CCCCNC(=O)C1CCC(C)N(C(=O)c2ccc(Sc3ccccn3)cc2)C1. The number of piperidine rings is 1. The van der Waals surface area contributed by atoms with Crippen molar-refractivity contribution < 1.29 is 9.59 Å². The van der Waals surface area contributed by atoms with Crippen LogP contribution >= 0.6 is 11.8 Å². The minimum Gasteiger partial charge on any atom is -0.356 e. The average molecular weight is 412 g/mol. The molecule has 0 radical (unpaired) electrons. The third-order valence-electron chi connectivity index (χ3n) is 5.30. The average Bonchev–Trinajstić information content (AvgIpc) is 2.75. The molecular formula is C23H29N3O2S. The molecule has 1 aliphatic rings. The first-order chi connectivity index (χ1) is 14.1. The quantitative estimate of drug-likeness (QED) is 0.687. The summed E-state index contributed by atoms with van der Waals surface area (Å²) in [6, 6.07) is 13.6. The van der Waals surface area contributed by atoms with Crippen LogP contribution in [0.15, 0.2) is 58.6 Å². The molecule has 1 saturated heterocycles. The van der Waals surface area contributed by atoms with Gasteiger partial charge in [0.25, 0.3) is 5.91 Å². The van der Waals surface area contributed by atoms with Crippen LogP contribution in [0.1, 0.15) is 49.9 Å². The van der Waals surface area contributed by atoms with Crippen molar-refractivity contribution in [1.82, 2.24) is 15.2 Å². The van der Waals surface area contributed by atoms with Crippen LogP contribution in [0.4, 0.5) is 0 Å². The van der Waals surface area contributed by atoms with Crippen LogP contribution in [0.2, 0.25) is 0 Å². The number of nitrogens with one attached hydrogen (secondary N) is 1. The third-order valence-corrected chi connectivity index (χ3v) is 6.26. The molecule has 3 rings (SSSR count). The summed E-state index contributed by atoms with van der Waals surface area (Å²) in [4.78, 5) is 32.7. The molecule has 2 atom stereocenters. The maximum atomic E-state index is 13.1. The van der Waals surface area contributed by atoms with E-state index in [9.17, 15) is 9.59 Å². The smallest absolute Gasteiger partial charge is 0.254 e. The van der Waals surface area contributed by atoms with Crippen molar-refractivity contribution in [3.8, 4) is 0 Å². The van der Waals surface area contributed by atoms with Crippen molar-refractivity contribution in [1.29, 1.82) is 0 Å². The lowest BCUT2D eigenvalue weighted by molar-refractivity contribution is -0.126. The summed E-state index contributed by atoms with van der Waals surface area (Å²) < 4.78 is 0. The summed E-state index contributed by atoms with van der Waals surface area (Å²) >= 11 is 1.57. The summed E-state index contributed by atoms with van der Waals surface area (Å²) in [5, 5.41) is 3.94. The largest absolute Gasteiger partial charge is 0.356 e. The fourth-order valence-corrected chi connectivity index (χ4v) is 4.27. The lowest BCUT2D eigenvalue weighted by Crippen LogP contribution is -2.49. The van der Waals surface area contributed by atoms with Crippen molar-refractivity contribution in [3.05, 3.63) is 54.2 Å². The summed E-state index contributed by atoms with van der Waals surface area (Å²) in [7, 11) is 0. The van der Waals surface area contributed by atoms with Crippen LogP contribution < -0.4 is 5.32 Å². The second-order valence-corrected chi connectivity index (χ2v) is 8.61. The fraction of sp³-hybridized carbons (Fsp3) is 0.435. The normalized spacial score (nSPS) is 19.0. The van der Waals surface area contributed by atoms with Crippen molar-refractivity contribution in [2.45, 2.75) is 55.5 Å². The number of likely N-dealkylation sites (tertiary alicyclic amines) is 1. The van der Waals surface area contributed by atoms with Crippen molar-refractivity contribution in [2.24, 2.45) is 5.92 Å². The molecule has 1 aliphatic heterocycles. The molecule has 2 aromatic rings. The predicted octanol–water partition coefficient (Wildman–Crippen LogP) is 4.39. The van der Waals surface area contributed by atoms with Gasteiger partial charge in [0.15, 0.2) is 0 Å². The van der Waals surface area contributed by atoms with Gasteiger partial charge in [0.2, 0.25) is 5.91 Å². The molecule has 0 saturated carbocycles. The van der Waals surface area contributed by atoms with E-state index >= 15 is 0 Å². The predicted molar refractivity (Wildman–Crippen MR) is 116 cm³/mol. The molecule has 2 unspecified atom stereocenters. The van der Waals surface area contributed by atoms with Crippen molar-refractivity contribution in [3.63, 3.8) is 0 Å². The van der Waals surface area contributed by atoms with Crippen LogP contribution in [0.25, 0.3) is 0 Å². The van der Waals surface area contributed by atoms with Gasteiger partial charge < -0.3 is 10.2 Å². The molecular weight excluding hydrogens is 382 g/mol. The Bertz CT molecular complexity index is 811. The number of aromatic nitrogens is 1. The zero-order valence-electron chi connectivity index (χ0n) is 17.1. The van der Waals surface area contributed by atoms with Gasteiger partial charge in [0, 0.05) is 35.8 Å². The van der Waals surface area contributed by atoms with Gasteiger partial charge in [-0.1, -0.05) is 31.2 Å². The van der Waals surface area contributed by atoms with Crippen LogP contribution in [0.5, 0.6) is 0 Å². The van der Waals surface area contributed by atoms with Crippen LogP contribution in [0.3, 0.4) is 0 Å². The van der Waals surface area contributed by atoms with Gasteiger partial charge in [-0.3, -0.25) is 9.59 Å². The van der Waals surface area contributed by atoms with Crippen molar-refractivity contribution in [2.75, 3.05) is 13.1 Å². The zero-order chi connectivity index (χ0) is 20.6. The van der Waals surface area contributed by atoms with E-state index in [2.05, 4.69) is 24.1 Å². The minimum absolute atomic E-state index is 0.00190. The Morgan fingerprint density at radius 3 is 2.66 bits per heavy atom. The molecule has 154 valence electrons. The first kappa shape index (κ1) is 21.4. The third kappa shape index (κ3) is 5.82. The number of amides is 2. The van der Waals surface area contributed by atoms with Gasteiger partial charge in [-0.15, -0.1) is 0 Å². The number of carbonyl (C=O) groups is 2. The molecule has 5 nitrogen and oxygen atoms in total. The van der Waals surface area contributed by atoms with Gasteiger partial charge in [-0.2, -0.15) is 0 Å². The number of pyridine rings is 1. The Morgan fingerprint density at radius 2 is 1.97 bits per heavy atom. The van der Waals surface area contributed by atoms with E-state index in [1.807, 2.05) is 47.4 Å². The molecule has 0 aliphatic carbocycles. The number of carbonyl (C=O) groups excluding carboxylic acids is 2. The van der Waals surface area contributed by atoms with Gasteiger partial charge in [-0.05, 0) is 62.6 Å². The zero-order valence-corrected chi connectivity index (χ0v) is 18.0. The molecule has 2 heterocycles. The maximum absolute atomic E-state index is 13.1. The van der Waals surface area contributed by atoms with E-state index in [4.69, 9.17) is 0 Å².